The summed E-state index contributed by atoms with van der Waals surface area (Å²) in [7, 11) is 3.39. The molecule has 0 aliphatic rings. The molecule has 1 amide bonds. The van der Waals surface area contributed by atoms with Crippen LogP contribution in [0.2, 0.25) is 0 Å². The summed E-state index contributed by atoms with van der Waals surface area (Å²) in [5, 5.41) is 3.22. The number of ether oxygens (including phenoxy) is 1. The molecular weight excluding hydrogens is 374 g/mol. The summed E-state index contributed by atoms with van der Waals surface area (Å²) in [6, 6.07) is 7.35. The maximum absolute atomic E-state index is 11.6. The van der Waals surface area contributed by atoms with E-state index in [1.54, 1.807) is 26.4 Å². The Balaban J connectivity index is 1.79. The number of halogens is 1. The highest BCUT2D eigenvalue weighted by atomic mass is 79.9. The van der Waals surface area contributed by atoms with E-state index in [0.717, 1.165) is 5.69 Å². The molecule has 0 saturated carbocycles. The Labute approximate surface area is 147 Å². The minimum atomic E-state index is -0.0962. The Bertz CT molecular complexity index is 878. The molecule has 7 nitrogen and oxygen atoms in total. The summed E-state index contributed by atoms with van der Waals surface area (Å²) < 4.78 is 8.09. The van der Waals surface area contributed by atoms with Gasteiger partial charge in [-0.2, -0.15) is 0 Å². The maximum atomic E-state index is 11.6. The number of hydrogen-bond acceptors (Lipinski definition) is 5. The number of hydrogen-bond donors (Lipinski definition) is 1. The van der Waals surface area contributed by atoms with Crippen LogP contribution in [0.25, 0.3) is 5.65 Å². The summed E-state index contributed by atoms with van der Waals surface area (Å²) >= 11 is 3.38. The van der Waals surface area contributed by atoms with Gasteiger partial charge in [0.1, 0.15) is 10.4 Å². The van der Waals surface area contributed by atoms with Gasteiger partial charge in [-0.3, -0.25) is 4.79 Å². The number of nitrogens with one attached hydrogen (secondary N) is 1. The van der Waals surface area contributed by atoms with E-state index in [-0.39, 0.29) is 12.5 Å². The first-order valence-corrected chi connectivity index (χ1v) is 8.01. The van der Waals surface area contributed by atoms with Crippen molar-refractivity contribution in [2.24, 2.45) is 0 Å². The third-order valence-electron chi connectivity index (χ3n) is 3.30. The average molecular weight is 390 g/mol. The van der Waals surface area contributed by atoms with Gasteiger partial charge >= 0.3 is 0 Å². The van der Waals surface area contributed by atoms with E-state index in [4.69, 9.17) is 4.74 Å². The molecule has 124 valence electrons. The fourth-order valence-electron chi connectivity index (χ4n) is 2.06. The van der Waals surface area contributed by atoms with Crippen LogP contribution >= 0.6 is 15.9 Å². The number of rotatable bonds is 5. The highest BCUT2D eigenvalue weighted by Crippen LogP contribution is 2.24. The lowest BCUT2D eigenvalue weighted by molar-refractivity contribution is -0.130. The third kappa shape index (κ3) is 3.65. The van der Waals surface area contributed by atoms with E-state index in [1.807, 2.05) is 35.0 Å². The second-order valence-corrected chi connectivity index (χ2v) is 6.11. The van der Waals surface area contributed by atoms with Crippen molar-refractivity contribution in [1.29, 1.82) is 0 Å². The van der Waals surface area contributed by atoms with Crippen LogP contribution in [-0.4, -0.2) is 45.9 Å². The lowest BCUT2D eigenvalue weighted by Crippen LogP contribution is -2.27. The number of benzene rings is 1. The number of fused-ring (bicyclic) bond motifs is 1. The Morgan fingerprint density at radius 3 is 3.04 bits per heavy atom. The van der Waals surface area contributed by atoms with Gasteiger partial charge in [-0.05, 0) is 28.1 Å². The Kier molecular flexibility index (Phi) is 4.66. The number of likely N-dealkylation sites (N-methyl/N-ethyl adjacent to an activating group) is 1. The largest absolute Gasteiger partial charge is 0.484 e. The number of imidazole rings is 1. The molecule has 8 heteroatoms. The molecule has 0 aliphatic carbocycles. The molecular formula is C16H16BrN5O2. The van der Waals surface area contributed by atoms with Gasteiger partial charge in [0, 0.05) is 44.4 Å². The first-order chi connectivity index (χ1) is 11.5. The monoisotopic (exact) mass is 389 g/mol. The zero-order valence-electron chi connectivity index (χ0n) is 13.2. The minimum absolute atomic E-state index is 0.00388. The van der Waals surface area contributed by atoms with Gasteiger partial charge < -0.3 is 19.4 Å². The van der Waals surface area contributed by atoms with Crippen molar-refractivity contribution < 1.29 is 9.53 Å². The van der Waals surface area contributed by atoms with Crippen LogP contribution < -0.4 is 10.1 Å². The van der Waals surface area contributed by atoms with Crippen molar-refractivity contribution in [3.63, 3.8) is 0 Å². The molecule has 0 spiro atoms. The van der Waals surface area contributed by atoms with Crippen molar-refractivity contribution in [3.8, 4) is 5.75 Å². The molecule has 0 atom stereocenters. The van der Waals surface area contributed by atoms with E-state index in [0.29, 0.717) is 21.8 Å². The van der Waals surface area contributed by atoms with Gasteiger partial charge in [0.05, 0.1) is 0 Å². The van der Waals surface area contributed by atoms with Crippen LogP contribution in [0.1, 0.15) is 0 Å². The normalized spacial score (nSPS) is 10.6. The van der Waals surface area contributed by atoms with Crippen molar-refractivity contribution in [3.05, 3.63) is 47.5 Å². The summed E-state index contributed by atoms with van der Waals surface area (Å²) in [6.07, 6.45) is 5.39. The highest BCUT2D eigenvalue weighted by molar-refractivity contribution is 9.10. The Hall–Kier alpha value is -2.61. The van der Waals surface area contributed by atoms with Crippen LogP contribution in [0, 0.1) is 0 Å². The molecule has 24 heavy (non-hydrogen) atoms. The molecule has 1 aromatic carbocycles. The van der Waals surface area contributed by atoms with E-state index in [2.05, 4.69) is 31.2 Å². The Morgan fingerprint density at radius 2 is 2.25 bits per heavy atom. The van der Waals surface area contributed by atoms with Crippen molar-refractivity contribution in [1.82, 2.24) is 19.3 Å². The number of aromatic nitrogens is 3. The first-order valence-electron chi connectivity index (χ1n) is 7.22. The van der Waals surface area contributed by atoms with Crippen LogP contribution in [0.5, 0.6) is 5.75 Å². The lowest BCUT2D eigenvalue weighted by Gasteiger charge is -2.12. The number of carbonyl (C=O) groups excluding carboxylic acids is 1. The van der Waals surface area contributed by atoms with Crippen molar-refractivity contribution >= 4 is 39.0 Å². The molecule has 1 N–H and O–H groups in total. The molecule has 0 bridgehead atoms. The summed E-state index contributed by atoms with van der Waals surface area (Å²) in [5.74, 6) is 1.13. The first kappa shape index (κ1) is 16.3. The van der Waals surface area contributed by atoms with Gasteiger partial charge in [-0.25, -0.2) is 9.97 Å². The van der Waals surface area contributed by atoms with Gasteiger partial charge in [0.25, 0.3) is 5.91 Å². The zero-order valence-corrected chi connectivity index (χ0v) is 14.8. The van der Waals surface area contributed by atoms with Gasteiger partial charge in [0.15, 0.2) is 18.1 Å². The molecule has 3 aromatic rings. The quantitative estimate of drug-likeness (QED) is 0.726. The van der Waals surface area contributed by atoms with E-state index >= 15 is 0 Å². The fourth-order valence-corrected chi connectivity index (χ4v) is 2.46. The van der Waals surface area contributed by atoms with Gasteiger partial charge in [-0.1, -0.05) is 6.07 Å². The second kappa shape index (κ2) is 6.88. The van der Waals surface area contributed by atoms with Gasteiger partial charge in [-0.15, -0.1) is 0 Å². The van der Waals surface area contributed by atoms with Crippen LogP contribution in [0.15, 0.2) is 47.5 Å². The number of nitrogens with zero attached hydrogens (tertiary/aromatic N) is 4. The topological polar surface area (TPSA) is 71.8 Å². The molecule has 0 saturated heterocycles. The standard InChI is InChI=1S/C16H16BrN5O2/c1-21(2)14(23)10-24-12-5-3-4-11(8-12)19-15-16-18-6-7-22(16)9-13(17)20-15/h3-9H,10H2,1-2H3,(H,19,20). The van der Waals surface area contributed by atoms with E-state index in [9.17, 15) is 4.79 Å². The highest BCUT2D eigenvalue weighted by Gasteiger charge is 2.08. The Morgan fingerprint density at radius 1 is 1.42 bits per heavy atom. The van der Waals surface area contributed by atoms with Crippen molar-refractivity contribution in [2.45, 2.75) is 0 Å². The minimum Gasteiger partial charge on any atom is -0.484 e. The second-order valence-electron chi connectivity index (χ2n) is 5.30. The fraction of sp³-hybridized carbons (Fsp3) is 0.188. The summed E-state index contributed by atoms with van der Waals surface area (Å²) in [5.41, 5.74) is 1.51. The van der Waals surface area contributed by atoms with Gasteiger partial charge in [0.2, 0.25) is 0 Å². The molecule has 2 heterocycles. The molecule has 2 aromatic heterocycles. The van der Waals surface area contributed by atoms with Crippen LogP contribution in [-0.2, 0) is 4.79 Å². The average Bonchev–Trinajstić information content (AvgIpc) is 3.01. The van der Waals surface area contributed by atoms with Crippen molar-refractivity contribution in [2.75, 3.05) is 26.0 Å². The molecule has 0 unspecified atom stereocenters. The molecule has 0 fully saturated rings. The lowest BCUT2D eigenvalue weighted by atomic mass is 10.3. The third-order valence-corrected chi connectivity index (χ3v) is 3.68. The van der Waals surface area contributed by atoms with Crippen LogP contribution in [0.3, 0.4) is 0 Å². The maximum Gasteiger partial charge on any atom is 0.259 e. The van der Waals surface area contributed by atoms with Crippen LogP contribution in [0.4, 0.5) is 11.5 Å². The zero-order chi connectivity index (χ0) is 17.1. The smallest absolute Gasteiger partial charge is 0.259 e. The number of amides is 1. The number of anilines is 2. The predicted octanol–water partition coefficient (Wildman–Crippen LogP) is 2.70. The molecule has 0 radical (unpaired) electrons. The molecule has 0 aliphatic heterocycles. The summed E-state index contributed by atoms with van der Waals surface area (Å²) in [6.45, 7) is -0.00388. The number of carbonyl (C=O) groups is 1. The summed E-state index contributed by atoms with van der Waals surface area (Å²) in [4.78, 5) is 21.8. The molecule has 3 rings (SSSR count). The SMILES string of the molecule is CN(C)C(=O)COc1cccc(Nc2nc(Br)cn3ccnc23)c1. The van der Waals surface area contributed by atoms with E-state index < -0.39 is 0 Å². The van der Waals surface area contributed by atoms with E-state index in [1.165, 1.54) is 4.90 Å². The predicted molar refractivity (Wildman–Crippen MR) is 94.6 cm³/mol.